The quantitative estimate of drug-likeness (QED) is 0.624. The third-order valence-corrected chi connectivity index (χ3v) is 4.70. The van der Waals surface area contributed by atoms with Crippen molar-refractivity contribution >= 4 is 17.7 Å². The van der Waals surface area contributed by atoms with Crippen LogP contribution in [0.25, 0.3) is 0 Å². The van der Waals surface area contributed by atoms with E-state index >= 15 is 0 Å². The molecule has 2 unspecified atom stereocenters. The maximum atomic E-state index is 12.6. The summed E-state index contributed by atoms with van der Waals surface area (Å²) in [4.78, 5) is 14.7. The van der Waals surface area contributed by atoms with Crippen molar-refractivity contribution in [1.29, 1.82) is 0 Å². The number of carbonyl (C=O) groups is 1. The first-order valence-corrected chi connectivity index (χ1v) is 9.90. The second kappa shape index (κ2) is 9.73. The van der Waals surface area contributed by atoms with Crippen molar-refractivity contribution in [3.05, 3.63) is 0 Å². The molecule has 1 rings (SSSR count). The molecule has 0 radical (unpaired) electrons. The number of nitrogens with zero attached hydrogens (tertiary/aromatic N) is 1. The summed E-state index contributed by atoms with van der Waals surface area (Å²) in [7, 11) is 0. The lowest BCUT2D eigenvalue weighted by Crippen LogP contribution is -2.39. The predicted molar refractivity (Wildman–Crippen MR) is 93.6 cm³/mol. The lowest BCUT2D eigenvalue weighted by molar-refractivity contribution is -0.130. The van der Waals surface area contributed by atoms with Gasteiger partial charge in [-0.15, -0.1) is 0 Å². The molecule has 1 N–H and O–H groups in total. The third kappa shape index (κ3) is 6.60. The minimum atomic E-state index is 0.0416. The first-order valence-electron chi connectivity index (χ1n) is 8.51. The van der Waals surface area contributed by atoms with E-state index in [-0.39, 0.29) is 12.2 Å². The van der Waals surface area contributed by atoms with Crippen LogP contribution in [0.4, 0.5) is 0 Å². The molecule has 1 aliphatic rings. The molecular weight excluding hydrogens is 280 g/mol. The Bertz CT molecular complexity index is 307. The summed E-state index contributed by atoms with van der Waals surface area (Å²) in [5, 5.41) is 3.58. The average Bonchev–Trinajstić information content (AvgIpc) is 2.65. The normalized spacial score (nSPS) is 22.8. The molecule has 0 aliphatic carbocycles. The van der Waals surface area contributed by atoms with E-state index in [0.29, 0.717) is 17.7 Å². The van der Waals surface area contributed by atoms with Crippen LogP contribution in [0.15, 0.2) is 0 Å². The highest BCUT2D eigenvalue weighted by Crippen LogP contribution is 2.22. The molecule has 124 valence electrons. The number of rotatable bonds is 10. The van der Waals surface area contributed by atoms with Crippen molar-refractivity contribution in [2.45, 2.75) is 72.0 Å². The Balaban J connectivity index is 2.51. The molecule has 0 aromatic rings. The summed E-state index contributed by atoms with van der Waals surface area (Å²) in [6, 6.07) is 0.0416. The summed E-state index contributed by atoms with van der Waals surface area (Å²) in [6.45, 7) is 9.78. The minimum Gasteiger partial charge on any atom is -0.326 e. The molecule has 0 spiro atoms. The van der Waals surface area contributed by atoms with Crippen LogP contribution in [0.3, 0.4) is 0 Å². The SMILES string of the molecule is CSCCCCCN1C(=O)C(CC(C)C)NC1CC(C)C. The van der Waals surface area contributed by atoms with Gasteiger partial charge < -0.3 is 4.90 Å². The number of unbranched alkanes of at least 4 members (excludes halogenated alkanes) is 2. The summed E-state index contributed by atoms with van der Waals surface area (Å²) in [6.07, 6.45) is 8.05. The molecule has 1 fully saturated rings. The van der Waals surface area contributed by atoms with Gasteiger partial charge in [0.05, 0.1) is 12.2 Å². The largest absolute Gasteiger partial charge is 0.326 e. The molecule has 0 bridgehead atoms. The van der Waals surface area contributed by atoms with Crippen molar-refractivity contribution in [2.75, 3.05) is 18.6 Å². The van der Waals surface area contributed by atoms with Gasteiger partial charge in [-0.3, -0.25) is 10.1 Å². The van der Waals surface area contributed by atoms with Crippen molar-refractivity contribution in [2.24, 2.45) is 11.8 Å². The van der Waals surface area contributed by atoms with Crippen molar-refractivity contribution in [1.82, 2.24) is 10.2 Å². The van der Waals surface area contributed by atoms with E-state index in [2.05, 4.69) is 44.2 Å². The van der Waals surface area contributed by atoms with E-state index in [1.165, 1.54) is 18.6 Å². The monoisotopic (exact) mass is 314 g/mol. The summed E-state index contributed by atoms with van der Waals surface area (Å²) in [5.41, 5.74) is 0. The second-order valence-corrected chi connectivity index (χ2v) is 8.06. The molecule has 21 heavy (non-hydrogen) atoms. The number of thioether (sulfide) groups is 1. The molecule has 4 heteroatoms. The third-order valence-electron chi connectivity index (χ3n) is 4.00. The van der Waals surface area contributed by atoms with Crippen molar-refractivity contribution in [3.63, 3.8) is 0 Å². The van der Waals surface area contributed by atoms with E-state index in [4.69, 9.17) is 0 Å². The fourth-order valence-corrected chi connectivity index (χ4v) is 3.49. The van der Waals surface area contributed by atoms with Gasteiger partial charge in [-0.05, 0) is 49.5 Å². The Kier molecular flexibility index (Phi) is 8.72. The van der Waals surface area contributed by atoms with Crippen molar-refractivity contribution in [3.8, 4) is 0 Å². The van der Waals surface area contributed by atoms with E-state index < -0.39 is 0 Å². The maximum absolute atomic E-state index is 12.6. The van der Waals surface area contributed by atoms with E-state index in [0.717, 1.165) is 25.8 Å². The van der Waals surface area contributed by atoms with E-state index in [1.54, 1.807) is 0 Å². The number of hydrogen-bond acceptors (Lipinski definition) is 3. The molecule has 1 amide bonds. The highest BCUT2D eigenvalue weighted by Gasteiger charge is 2.38. The first-order chi connectivity index (χ1) is 9.95. The molecule has 1 saturated heterocycles. The van der Waals surface area contributed by atoms with Crippen LogP contribution in [-0.2, 0) is 4.79 Å². The second-order valence-electron chi connectivity index (χ2n) is 7.08. The van der Waals surface area contributed by atoms with Crippen molar-refractivity contribution < 1.29 is 4.79 Å². The van der Waals surface area contributed by atoms with E-state index in [1.807, 2.05) is 11.8 Å². The number of amides is 1. The molecular formula is C17H34N2OS. The highest BCUT2D eigenvalue weighted by atomic mass is 32.2. The van der Waals surface area contributed by atoms with Crippen LogP contribution in [0.5, 0.6) is 0 Å². The summed E-state index contributed by atoms with van der Waals surface area (Å²) < 4.78 is 0. The standard InChI is InChI=1S/C17H34N2OS/c1-13(2)11-15-17(20)19(9-7-6-8-10-21-5)16(18-15)12-14(3)4/h13-16,18H,6-12H2,1-5H3. The first kappa shape index (κ1) is 18.8. The molecule has 1 aliphatic heterocycles. The minimum absolute atomic E-state index is 0.0416. The number of hydrogen-bond donors (Lipinski definition) is 1. The fourth-order valence-electron chi connectivity index (χ4n) is 3.00. The van der Waals surface area contributed by atoms with Gasteiger partial charge in [0.25, 0.3) is 0 Å². The Labute approximate surface area is 135 Å². The lowest BCUT2D eigenvalue weighted by Gasteiger charge is -2.25. The Morgan fingerprint density at radius 1 is 1.10 bits per heavy atom. The van der Waals surface area contributed by atoms with Gasteiger partial charge in [0.15, 0.2) is 0 Å². The van der Waals surface area contributed by atoms with Gasteiger partial charge >= 0.3 is 0 Å². The van der Waals surface area contributed by atoms with Gasteiger partial charge in [-0.1, -0.05) is 34.1 Å². The molecule has 2 atom stereocenters. The van der Waals surface area contributed by atoms with Crippen LogP contribution < -0.4 is 5.32 Å². The zero-order chi connectivity index (χ0) is 15.8. The Hall–Kier alpha value is -0.220. The molecule has 1 heterocycles. The Morgan fingerprint density at radius 3 is 2.33 bits per heavy atom. The van der Waals surface area contributed by atoms with Crippen LogP contribution in [-0.4, -0.2) is 41.6 Å². The molecule has 0 saturated carbocycles. The van der Waals surface area contributed by atoms with Crippen LogP contribution in [0.1, 0.15) is 59.8 Å². The van der Waals surface area contributed by atoms with Gasteiger partial charge in [0.2, 0.25) is 5.91 Å². The zero-order valence-corrected chi connectivity index (χ0v) is 15.3. The Morgan fingerprint density at radius 2 is 1.76 bits per heavy atom. The van der Waals surface area contributed by atoms with Crippen LogP contribution >= 0.6 is 11.8 Å². The summed E-state index contributed by atoms with van der Waals surface area (Å²) >= 11 is 1.91. The molecule has 0 aromatic heterocycles. The highest BCUT2D eigenvalue weighted by molar-refractivity contribution is 7.98. The predicted octanol–water partition coefficient (Wildman–Crippen LogP) is 3.74. The number of nitrogens with one attached hydrogen (secondary N) is 1. The van der Waals surface area contributed by atoms with Gasteiger partial charge in [0, 0.05) is 6.54 Å². The van der Waals surface area contributed by atoms with Gasteiger partial charge in [0.1, 0.15) is 0 Å². The number of carbonyl (C=O) groups excluding carboxylic acids is 1. The topological polar surface area (TPSA) is 32.3 Å². The molecule has 0 aromatic carbocycles. The smallest absolute Gasteiger partial charge is 0.241 e. The van der Waals surface area contributed by atoms with Gasteiger partial charge in [-0.25, -0.2) is 0 Å². The van der Waals surface area contributed by atoms with E-state index in [9.17, 15) is 4.79 Å². The van der Waals surface area contributed by atoms with Gasteiger partial charge in [-0.2, -0.15) is 11.8 Å². The average molecular weight is 315 g/mol. The zero-order valence-electron chi connectivity index (χ0n) is 14.5. The summed E-state index contributed by atoms with van der Waals surface area (Å²) in [5.74, 6) is 2.75. The fraction of sp³-hybridized carbons (Fsp3) is 0.941. The molecule has 3 nitrogen and oxygen atoms in total. The maximum Gasteiger partial charge on any atom is 0.241 e. The van der Waals surface area contributed by atoms with Crippen LogP contribution in [0, 0.1) is 11.8 Å². The van der Waals surface area contributed by atoms with Crippen LogP contribution in [0.2, 0.25) is 0 Å². The lowest BCUT2D eigenvalue weighted by atomic mass is 10.0.